The van der Waals surface area contributed by atoms with Crippen LogP contribution in [0.15, 0.2) is 0 Å². The summed E-state index contributed by atoms with van der Waals surface area (Å²) in [5.74, 6) is 0. The van der Waals surface area contributed by atoms with E-state index in [2.05, 4.69) is 31.1 Å². The first kappa shape index (κ1) is 14.8. The van der Waals surface area contributed by atoms with Gasteiger partial charge in [0.05, 0.1) is 6.04 Å². The van der Waals surface area contributed by atoms with Gasteiger partial charge in [0.2, 0.25) is 0 Å². The van der Waals surface area contributed by atoms with Crippen molar-refractivity contribution in [3.05, 3.63) is 0 Å². The average molecular weight is 222 g/mol. The van der Waals surface area contributed by atoms with Crippen LogP contribution in [-0.4, -0.2) is 43.5 Å². The number of alkyl halides is 2. The molecule has 0 aliphatic rings. The molecule has 0 rings (SSSR count). The zero-order chi connectivity index (χ0) is 11.8. The van der Waals surface area contributed by atoms with Crippen LogP contribution < -0.4 is 5.32 Å². The highest BCUT2D eigenvalue weighted by Crippen LogP contribution is 2.01. The van der Waals surface area contributed by atoms with E-state index in [1.165, 1.54) is 6.92 Å². The average Bonchev–Trinajstić information content (AvgIpc) is 2.16. The van der Waals surface area contributed by atoms with E-state index < -0.39 is 12.5 Å². The second-order valence-corrected chi connectivity index (χ2v) is 4.36. The zero-order valence-electron chi connectivity index (χ0n) is 10.3. The van der Waals surface area contributed by atoms with Crippen molar-refractivity contribution in [1.29, 1.82) is 0 Å². The van der Waals surface area contributed by atoms with E-state index in [4.69, 9.17) is 0 Å². The molecule has 0 spiro atoms. The lowest BCUT2D eigenvalue weighted by atomic mass is 10.2. The van der Waals surface area contributed by atoms with E-state index in [1.54, 1.807) is 0 Å². The van der Waals surface area contributed by atoms with Crippen molar-refractivity contribution >= 4 is 0 Å². The van der Waals surface area contributed by atoms with Crippen LogP contribution in [0.2, 0.25) is 0 Å². The van der Waals surface area contributed by atoms with Crippen LogP contribution in [0, 0.1) is 0 Å². The fourth-order valence-corrected chi connectivity index (χ4v) is 1.16. The lowest BCUT2D eigenvalue weighted by molar-refractivity contribution is 0.106. The summed E-state index contributed by atoms with van der Waals surface area (Å²) in [7, 11) is 2.08. The largest absolute Gasteiger partial charge is 0.309 e. The molecule has 0 aromatic carbocycles. The van der Waals surface area contributed by atoms with E-state index in [1.807, 2.05) is 0 Å². The smallest absolute Gasteiger partial charge is 0.253 e. The minimum atomic E-state index is -2.26. The third-order valence-corrected chi connectivity index (χ3v) is 2.66. The number of halogens is 2. The standard InChI is InChI=1S/C11H24F2N2/c1-9(2)15(4)8-6-5-7-14-10(3)11(12)13/h9-11,14H,5-8H2,1-4H3. The summed E-state index contributed by atoms with van der Waals surface area (Å²) in [4.78, 5) is 2.26. The van der Waals surface area contributed by atoms with Gasteiger partial charge in [-0.3, -0.25) is 0 Å². The monoisotopic (exact) mass is 222 g/mol. The first-order valence-corrected chi connectivity index (χ1v) is 5.67. The lowest BCUT2D eigenvalue weighted by Gasteiger charge is -2.21. The topological polar surface area (TPSA) is 15.3 Å². The Labute approximate surface area is 92.0 Å². The molecule has 0 radical (unpaired) electrons. The predicted octanol–water partition coefficient (Wildman–Crippen LogP) is 2.35. The molecule has 2 nitrogen and oxygen atoms in total. The van der Waals surface area contributed by atoms with Gasteiger partial charge in [0.15, 0.2) is 0 Å². The molecule has 0 bridgehead atoms. The second-order valence-electron chi connectivity index (χ2n) is 4.36. The van der Waals surface area contributed by atoms with Crippen molar-refractivity contribution < 1.29 is 8.78 Å². The van der Waals surface area contributed by atoms with Gasteiger partial charge in [-0.05, 0) is 53.8 Å². The predicted molar refractivity (Wildman–Crippen MR) is 60.5 cm³/mol. The summed E-state index contributed by atoms with van der Waals surface area (Å²) in [6, 6.07) is -0.134. The van der Waals surface area contributed by atoms with Crippen molar-refractivity contribution in [1.82, 2.24) is 10.2 Å². The third-order valence-electron chi connectivity index (χ3n) is 2.66. The first-order chi connectivity index (χ1) is 6.95. The summed E-state index contributed by atoms with van der Waals surface area (Å²) in [5, 5.41) is 2.82. The Morgan fingerprint density at radius 3 is 2.20 bits per heavy atom. The minimum absolute atomic E-state index is 0.554. The molecule has 0 fully saturated rings. The molecule has 1 N–H and O–H groups in total. The van der Waals surface area contributed by atoms with Crippen LogP contribution in [0.4, 0.5) is 8.78 Å². The van der Waals surface area contributed by atoms with Gasteiger partial charge >= 0.3 is 0 Å². The molecule has 0 amide bonds. The van der Waals surface area contributed by atoms with Crippen LogP contribution in [0.3, 0.4) is 0 Å². The highest BCUT2D eigenvalue weighted by molar-refractivity contribution is 4.63. The number of rotatable bonds is 8. The maximum absolute atomic E-state index is 12.1. The fraction of sp³-hybridized carbons (Fsp3) is 1.00. The quantitative estimate of drug-likeness (QED) is 0.634. The second kappa shape index (κ2) is 7.99. The molecule has 4 heteroatoms. The van der Waals surface area contributed by atoms with Crippen LogP contribution in [0.25, 0.3) is 0 Å². The molecule has 1 unspecified atom stereocenters. The van der Waals surface area contributed by atoms with Crippen molar-refractivity contribution in [2.24, 2.45) is 0 Å². The van der Waals surface area contributed by atoms with E-state index in [0.29, 0.717) is 12.6 Å². The molecular formula is C11H24F2N2. The van der Waals surface area contributed by atoms with Gasteiger partial charge in [0.25, 0.3) is 6.43 Å². The minimum Gasteiger partial charge on any atom is -0.309 e. The molecule has 92 valence electrons. The Kier molecular flexibility index (Phi) is 7.88. The SMILES string of the molecule is CC(NCCCCN(C)C(C)C)C(F)F. The van der Waals surface area contributed by atoms with Gasteiger partial charge in [-0.25, -0.2) is 8.78 Å². The Morgan fingerprint density at radius 1 is 1.13 bits per heavy atom. The Bertz CT molecular complexity index is 136. The summed E-state index contributed by atoms with van der Waals surface area (Å²) in [5.41, 5.74) is 0. The van der Waals surface area contributed by atoms with Gasteiger partial charge < -0.3 is 10.2 Å². The van der Waals surface area contributed by atoms with Crippen LogP contribution in [0.5, 0.6) is 0 Å². The number of nitrogens with zero attached hydrogens (tertiary/aromatic N) is 1. The molecule has 15 heavy (non-hydrogen) atoms. The van der Waals surface area contributed by atoms with E-state index >= 15 is 0 Å². The number of hydrogen-bond acceptors (Lipinski definition) is 2. The van der Waals surface area contributed by atoms with Gasteiger partial charge in [-0.2, -0.15) is 0 Å². The molecule has 0 aliphatic carbocycles. The maximum Gasteiger partial charge on any atom is 0.253 e. The molecule has 1 atom stereocenters. The highest BCUT2D eigenvalue weighted by Gasteiger charge is 2.12. The van der Waals surface area contributed by atoms with E-state index in [0.717, 1.165) is 19.4 Å². The number of unbranched alkanes of at least 4 members (excludes halogenated alkanes) is 1. The lowest BCUT2D eigenvalue weighted by Crippen LogP contribution is -2.34. The van der Waals surface area contributed by atoms with Gasteiger partial charge in [-0.15, -0.1) is 0 Å². The van der Waals surface area contributed by atoms with Crippen LogP contribution in [0.1, 0.15) is 33.6 Å². The van der Waals surface area contributed by atoms with Crippen molar-refractivity contribution in [2.45, 2.75) is 52.1 Å². The van der Waals surface area contributed by atoms with Crippen LogP contribution >= 0.6 is 0 Å². The number of hydrogen-bond donors (Lipinski definition) is 1. The first-order valence-electron chi connectivity index (χ1n) is 5.67. The Balaban J connectivity index is 3.32. The van der Waals surface area contributed by atoms with Gasteiger partial charge in [0, 0.05) is 6.04 Å². The van der Waals surface area contributed by atoms with Gasteiger partial charge in [-0.1, -0.05) is 0 Å². The van der Waals surface area contributed by atoms with E-state index in [-0.39, 0.29) is 0 Å². The normalized spacial score (nSPS) is 14.2. The van der Waals surface area contributed by atoms with Crippen molar-refractivity contribution in [2.75, 3.05) is 20.1 Å². The molecular weight excluding hydrogens is 198 g/mol. The third kappa shape index (κ3) is 7.68. The summed E-state index contributed by atoms with van der Waals surface area (Å²) in [6.07, 6.45) is -0.255. The maximum atomic E-state index is 12.1. The van der Waals surface area contributed by atoms with Gasteiger partial charge in [0.1, 0.15) is 0 Å². The van der Waals surface area contributed by atoms with E-state index in [9.17, 15) is 8.78 Å². The summed E-state index contributed by atoms with van der Waals surface area (Å²) < 4.78 is 24.2. The zero-order valence-corrected chi connectivity index (χ0v) is 10.3. The molecule has 0 heterocycles. The summed E-state index contributed by atoms with van der Waals surface area (Å²) in [6.45, 7) is 7.53. The summed E-state index contributed by atoms with van der Waals surface area (Å²) >= 11 is 0. The molecule has 0 aromatic heterocycles. The molecule has 0 saturated heterocycles. The van der Waals surface area contributed by atoms with Crippen LogP contribution in [-0.2, 0) is 0 Å². The molecule has 0 saturated carbocycles. The highest BCUT2D eigenvalue weighted by atomic mass is 19.3. The van der Waals surface area contributed by atoms with Crippen molar-refractivity contribution in [3.8, 4) is 0 Å². The fourth-order valence-electron chi connectivity index (χ4n) is 1.16. The molecule has 0 aliphatic heterocycles. The number of nitrogens with one attached hydrogen (secondary N) is 1. The molecule has 0 aromatic rings. The van der Waals surface area contributed by atoms with Crippen molar-refractivity contribution in [3.63, 3.8) is 0 Å². The Hall–Kier alpha value is -0.220. The Morgan fingerprint density at radius 2 is 1.73 bits per heavy atom.